The third-order valence-electron chi connectivity index (χ3n) is 5.08. The van der Waals surface area contributed by atoms with E-state index in [9.17, 15) is 14.5 Å². The summed E-state index contributed by atoms with van der Waals surface area (Å²) in [5.41, 5.74) is 0.716. The van der Waals surface area contributed by atoms with Gasteiger partial charge in [0.25, 0.3) is 0 Å². The average molecular weight is 477 g/mol. The standard InChI is InChI=1S/C22H22ClFN4O5/c23-16-10-14(5-6-17(16)24)27-22-15-11-19(28(29)30)20(12-18(15)25-13-26-22)31-8-3-9-33-21-4-1-2-7-32-21/h5-6,10-13,21H,1-4,7-9H2,(H,25,26,27). The third kappa shape index (κ3) is 5.84. The Morgan fingerprint density at radius 2 is 2.12 bits per heavy atom. The van der Waals surface area contributed by atoms with Gasteiger partial charge in [0.1, 0.15) is 18.0 Å². The van der Waals surface area contributed by atoms with Crippen LogP contribution in [0.3, 0.4) is 0 Å². The van der Waals surface area contributed by atoms with Gasteiger partial charge in [-0.05, 0) is 37.5 Å². The molecule has 1 unspecified atom stereocenters. The predicted octanol–water partition coefficient (Wildman–Crippen LogP) is 5.39. The van der Waals surface area contributed by atoms with Crippen molar-refractivity contribution in [2.24, 2.45) is 0 Å². The molecule has 4 rings (SSSR count). The number of halogens is 2. The molecule has 0 amide bonds. The first-order valence-corrected chi connectivity index (χ1v) is 10.9. The summed E-state index contributed by atoms with van der Waals surface area (Å²) < 4.78 is 30.3. The van der Waals surface area contributed by atoms with E-state index in [1.807, 2.05) is 0 Å². The van der Waals surface area contributed by atoms with Crippen LogP contribution in [-0.4, -0.2) is 41.0 Å². The number of benzene rings is 2. The van der Waals surface area contributed by atoms with Gasteiger partial charge in [-0.3, -0.25) is 10.1 Å². The highest BCUT2D eigenvalue weighted by Gasteiger charge is 2.20. The Morgan fingerprint density at radius 1 is 1.24 bits per heavy atom. The van der Waals surface area contributed by atoms with Gasteiger partial charge in [0, 0.05) is 30.8 Å². The molecule has 0 spiro atoms. The Labute approximate surface area is 194 Å². The Hall–Kier alpha value is -3.08. The topological polar surface area (TPSA) is 109 Å². The largest absolute Gasteiger partial charge is 0.487 e. The summed E-state index contributed by atoms with van der Waals surface area (Å²) in [5.74, 6) is -0.127. The van der Waals surface area contributed by atoms with Crippen molar-refractivity contribution >= 4 is 39.7 Å². The van der Waals surface area contributed by atoms with Crippen LogP contribution in [0.5, 0.6) is 5.75 Å². The van der Waals surface area contributed by atoms with E-state index in [-0.39, 0.29) is 29.4 Å². The lowest BCUT2D eigenvalue weighted by molar-refractivity contribution is -0.385. The zero-order valence-electron chi connectivity index (χ0n) is 17.6. The monoisotopic (exact) mass is 476 g/mol. The van der Waals surface area contributed by atoms with Crippen LogP contribution in [0.2, 0.25) is 5.02 Å². The number of nitro groups is 1. The fourth-order valence-electron chi connectivity index (χ4n) is 3.44. The number of aromatic nitrogens is 2. The number of ether oxygens (including phenoxy) is 3. The summed E-state index contributed by atoms with van der Waals surface area (Å²) >= 11 is 5.83. The number of rotatable bonds is 9. The summed E-state index contributed by atoms with van der Waals surface area (Å²) in [5, 5.41) is 15.0. The van der Waals surface area contributed by atoms with Gasteiger partial charge in [0.05, 0.1) is 34.1 Å². The molecular formula is C22H22ClFN4O5. The number of nitrogens with one attached hydrogen (secondary N) is 1. The van der Waals surface area contributed by atoms with Gasteiger partial charge in [0.2, 0.25) is 0 Å². The summed E-state index contributed by atoms with van der Waals surface area (Å²) in [4.78, 5) is 19.5. The highest BCUT2D eigenvalue weighted by Crippen LogP contribution is 2.35. The smallest absolute Gasteiger partial charge is 0.311 e. The van der Waals surface area contributed by atoms with Crippen LogP contribution < -0.4 is 10.1 Å². The molecule has 1 saturated heterocycles. The number of fused-ring (bicyclic) bond motifs is 1. The molecule has 3 aromatic rings. The zero-order chi connectivity index (χ0) is 23.2. The van der Waals surface area contributed by atoms with Crippen molar-refractivity contribution in [1.29, 1.82) is 0 Å². The van der Waals surface area contributed by atoms with E-state index >= 15 is 0 Å². The maximum Gasteiger partial charge on any atom is 0.311 e. The van der Waals surface area contributed by atoms with Crippen LogP contribution in [0.1, 0.15) is 25.7 Å². The van der Waals surface area contributed by atoms with Crippen LogP contribution in [0.15, 0.2) is 36.7 Å². The van der Waals surface area contributed by atoms with Crippen molar-refractivity contribution < 1.29 is 23.5 Å². The average Bonchev–Trinajstić information content (AvgIpc) is 2.81. The molecule has 1 aromatic heterocycles. The van der Waals surface area contributed by atoms with Crippen molar-refractivity contribution in [1.82, 2.24) is 9.97 Å². The lowest BCUT2D eigenvalue weighted by atomic mass is 10.2. The number of nitrogens with zero attached hydrogens (tertiary/aromatic N) is 3. The van der Waals surface area contributed by atoms with Crippen molar-refractivity contribution in [3.63, 3.8) is 0 Å². The molecule has 1 N–H and O–H groups in total. The summed E-state index contributed by atoms with van der Waals surface area (Å²) in [6, 6.07) is 6.96. The summed E-state index contributed by atoms with van der Waals surface area (Å²) in [7, 11) is 0. The predicted molar refractivity (Wildman–Crippen MR) is 121 cm³/mol. The van der Waals surface area contributed by atoms with Gasteiger partial charge in [-0.2, -0.15) is 0 Å². The van der Waals surface area contributed by atoms with Crippen LogP contribution in [0.4, 0.5) is 21.6 Å². The fourth-order valence-corrected chi connectivity index (χ4v) is 3.62. The van der Waals surface area contributed by atoms with E-state index in [2.05, 4.69) is 15.3 Å². The molecule has 0 bridgehead atoms. The molecule has 1 aliphatic rings. The van der Waals surface area contributed by atoms with Crippen molar-refractivity contribution in [3.05, 3.63) is 57.6 Å². The van der Waals surface area contributed by atoms with Gasteiger partial charge in [-0.15, -0.1) is 0 Å². The van der Waals surface area contributed by atoms with Crippen LogP contribution in [-0.2, 0) is 9.47 Å². The van der Waals surface area contributed by atoms with E-state index in [0.29, 0.717) is 42.0 Å². The van der Waals surface area contributed by atoms with Crippen molar-refractivity contribution in [2.45, 2.75) is 32.0 Å². The van der Waals surface area contributed by atoms with Crippen LogP contribution in [0, 0.1) is 15.9 Å². The van der Waals surface area contributed by atoms with Gasteiger partial charge in [-0.25, -0.2) is 14.4 Å². The molecule has 2 heterocycles. The van der Waals surface area contributed by atoms with E-state index in [0.717, 1.165) is 19.3 Å². The first kappa shape index (κ1) is 23.1. The zero-order valence-corrected chi connectivity index (χ0v) is 18.4. The van der Waals surface area contributed by atoms with Gasteiger partial charge < -0.3 is 19.5 Å². The Bertz CT molecular complexity index is 1140. The second kappa shape index (κ2) is 10.7. The molecule has 11 heteroatoms. The quantitative estimate of drug-likeness (QED) is 0.249. The van der Waals surface area contributed by atoms with Crippen molar-refractivity contribution in [2.75, 3.05) is 25.1 Å². The Morgan fingerprint density at radius 3 is 2.88 bits per heavy atom. The molecule has 0 aliphatic carbocycles. The van der Waals surface area contributed by atoms with E-state index in [4.69, 9.17) is 25.8 Å². The van der Waals surface area contributed by atoms with Gasteiger partial charge in [-0.1, -0.05) is 11.6 Å². The molecule has 33 heavy (non-hydrogen) atoms. The van der Waals surface area contributed by atoms with Crippen LogP contribution in [0.25, 0.3) is 10.9 Å². The highest BCUT2D eigenvalue weighted by atomic mass is 35.5. The third-order valence-corrected chi connectivity index (χ3v) is 5.37. The maximum atomic E-state index is 13.4. The minimum atomic E-state index is -0.552. The van der Waals surface area contributed by atoms with E-state index in [1.165, 1.54) is 36.7 Å². The maximum absolute atomic E-state index is 13.4. The molecule has 0 saturated carbocycles. The van der Waals surface area contributed by atoms with Crippen molar-refractivity contribution in [3.8, 4) is 5.75 Å². The lowest BCUT2D eigenvalue weighted by Crippen LogP contribution is -2.23. The first-order chi connectivity index (χ1) is 16.0. The molecular weight excluding hydrogens is 455 g/mol. The Kier molecular flexibility index (Phi) is 7.48. The second-order valence-electron chi connectivity index (χ2n) is 7.44. The Balaban J connectivity index is 1.47. The normalized spacial score (nSPS) is 16.0. The molecule has 9 nitrogen and oxygen atoms in total. The van der Waals surface area contributed by atoms with E-state index < -0.39 is 10.7 Å². The summed E-state index contributed by atoms with van der Waals surface area (Å²) in [6.07, 6.45) is 4.69. The SMILES string of the molecule is O=[N+]([O-])c1cc2c(Nc3ccc(F)c(Cl)c3)ncnc2cc1OCCCOC1CCCCO1. The minimum absolute atomic E-state index is 0.0564. The molecule has 174 valence electrons. The van der Waals surface area contributed by atoms with Crippen LogP contribution >= 0.6 is 11.6 Å². The van der Waals surface area contributed by atoms with Gasteiger partial charge >= 0.3 is 5.69 Å². The molecule has 0 radical (unpaired) electrons. The lowest BCUT2D eigenvalue weighted by Gasteiger charge is -2.22. The molecule has 1 atom stereocenters. The number of hydrogen-bond acceptors (Lipinski definition) is 8. The molecule has 1 aliphatic heterocycles. The second-order valence-corrected chi connectivity index (χ2v) is 7.85. The minimum Gasteiger partial charge on any atom is -0.487 e. The number of hydrogen-bond donors (Lipinski definition) is 1. The highest BCUT2D eigenvalue weighted by molar-refractivity contribution is 6.31. The summed E-state index contributed by atoms with van der Waals surface area (Å²) in [6.45, 7) is 1.38. The molecule has 2 aromatic carbocycles. The molecule has 1 fully saturated rings. The fraction of sp³-hybridized carbons (Fsp3) is 0.364. The first-order valence-electron chi connectivity index (χ1n) is 10.5. The number of anilines is 2. The van der Waals surface area contributed by atoms with E-state index in [1.54, 1.807) is 0 Å². The number of nitro benzene ring substituents is 1. The van der Waals surface area contributed by atoms with Gasteiger partial charge in [0.15, 0.2) is 12.0 Å².